The van der Waals surface area contributed by atoms with E-state index in [0.29, 0.717) is 0 Å². The highest BCUT2D eigenvalue weighted by Crippen LogP contribution is 2.15. The van der Waals surface area contributed by atoms with E-state index in [4.69, 9.17) is 0 Å². The summed E-state index contributed by atoms with van der Waals surface area (Å²) in [6.45, 7) is 2.54. The maximum atomic E-state index is 10.00. The van der Waals surface area contributed by atoms with E-state index in [9.17, 15) is 10.1 Å². The number of unbranched alkanes of at least 4 members (excludes halogenated alkanes) is 21. The topological polar surface area (TPSA) is 52.4 Å². The lowest BCUT2D eigenvalue weighted by atomic mass is 10.0. The summed E-state index contributed by atoms with van der Waals surface area (Å²) in [5.41, 5.74) is 0. The van der Waals surface area contributed by atoms with Crippen molar-refractivity contribution in [3.05, 3.63) is 10.1 Å². The second kappa shape index (κ2) is 24.2. The summed E-state index contributed by atoms with van der Waals surface area (Å²) in [5, 5.41) is 9.30. The number of rotatable bonds is 24. The number of nitrogens with zero attached hydrogens (tertiary/aromatic N) is 1. The second-order valence-electron chi connectivity index (χ2n) is 8.48. The lowest BCUT2D eigenvalue weighted by molar-refractivity contribution is -0.757. The first-order valence-electron chi connectivity index (χ1n) is 12.5. The Hall–Kier alpha value is -0.800. The molecule has 0 fully saturated rings. The largest absolute Gasteiger partial charge is 0.314 e. The molecule has 0 amide bonds. The van der Waals surface area contributed by atoms with Crippen molar-refractivity contribution in [3.8, 4) is 0 Å². The summed E-state index contributed by atoms with van der Waals surface area (Å²) in [7, 11) is 0. The molecule has 0 aliphatic rings. The molecule has 4 heteroatoms. The Morgan fingerprint density at radius 3 is 1.00 bits per heavy atom. The molecule has 0 aliphatic carbocycles. The van der Waals surface area contributed by atoms with Crippen LogP contribution in [0.2, 0.25) is 0 Å². The Balaban J connectivity index is 2.99. The molecule has 28 heavy (non-hydrogen) atoms. The highest BCUT2D eigenvalue weighted by Gasteiger charge is 1.97. The van der Waals surface area contributed by atoms with Crippen LogP contribution in [0.5, 0.6) is 0 Å². The summed E-state index contributed by atoms with van der Waals surface area (Å²) >= 11 is 0. The van der Waals surface area contributed by atoms with Crippen molar-refractivity contribution in [1.29, 1.82) is 0 Å². The Morgan fingerprint density at radius 2 is 0.750 bits per heavy atom. The molecule has 0 bridgehead atoms. The van der Waals surface area contributed by atoms with Gasteiger partial charge in [-0.25, -0.2) is 0 Å². The molecule has 0 atom stereocenters. The lowest BCUT2D eigenvalue weighted by Gasteiger charge is -2.04. The first-order chi connectivity index (χ1) is 13.8. The SMILES string of the molecule is CCCCCCCCCCCCCCCCCCCCCCCCO[N+](=O)[O-]. The zero-order chi connectivity index (χ0) is 20.5. The normalized spacial score (nSPS) is 11.0. The first kappa shape index (κ1) is 27.2. The molecule has 0 saturated carbocycles. The van der Waals surface area contributed by atoms with Gasteiger partial charge in [-0.1, -0.05) is 142 Å². The summed E-state index contributed by atoms with van der Waals surface area (Å²) < 4.78 is 0. The van der Waals surface area contributed by atoms with Gasteiger partial charge in [-0.05, 0) is 6.42 Å². The minimum absolute atomic E-state index is 0.256. The van der Waals surface area contributed by atoms with E-state index in [0.717, 1.165) is 12.8 Å². The van der Waals surface area contributed by atoms with Gasteiger partial charge in [-0.2, -0.15) is 0 Å². The van der Waals surface area contributed by atoms with Crippen LogP contribution in [0.15, 0.2) is 0 Å². The molecular formula is C24H49NO3. The van der Waals surface area contributed by atoms with Crippen molar-refractivity contribution in [2.75, 3.05) is 6.61 Å². The van der Waals surface area contributed by atoms with E-state index in [2.05, 4.69) is 11.8 Å². The molecule has 0 spiro atoms. The van der Waals surface area contributed by atoms with Crippen molar-refractivity contribution in [2.24, 2.45) is 0 Å². The average Bonchev–Trinajstić information content (AvgIpc) is 2.68. The Kier molecular flexibility index (Phi) is 23.5. The number of hydrogen-bond donors (Lipinski definition) is 0. The molecule has 0 heterocycles. The third-order valence-corrected chi connectivity index (χ3v) is 5.69. The van der Waals surface area contributed by atoms with Crippen molar-refractivity contribution in [2.45, 2.75) is 148 Å². The fourth-order valence-electron chi connectivity index (χ4n) is 3.85. The van der Waals surface area contributed by atoms with Crippen LogP contribution in [-0.2, 0) is 4.84 Å². The van der Waals surface area contributed by atoms with Crippen LogP contribution < -0.4 is 0 Å². The molecule has 0 aromatic rings. The monoisotopic (exact) mass is 399 g/mol. The van der Waals surface area contributed by atoms with E-state index in [1.54, 1.807) is 0 Å². The third kappa shape index (κ3) is 25.2. The molecule has 0 aliphatic heterocycles. The molecule has 168 valence electrons. The van der Waals surface area contributed by atoms with E-state index in [-0.39, 0.29) is 6.61 Å². The highest BCUT2D eigenvalue weighted by atomic mass is 16.9. The van der Waals surface area contributed by atoms with Crippen LogP contribution in [0, 0.1) is 10.1 Å². The van der Waals surface area contributed by atoms with Crippen LogP contribution in [-0.4, -0.2) is 11.7 Å². The van der Waals surface area contributed by atoms with Crippen LogP contribution in [0.1, 0.15) is 148 Å². The van der Waals surface area contributed by atoms with E-state index < -0.39 is 5.09 Å². The zero-order valence-corrected chi connectivity index (χ0v) is 18.9. The summed E-state index contributed by atoms with van der Waals surface area (Å²) in [5.74, 6) is 0. The van der Waals surface area contributed by atoms with Gasteiger partial charge in [0, 0.05) is 0 Å². The Labute approximate surface area is 175 Å². The van der Waals surface area contributed by atoms with Gasteiger partial charge in [0.1, 0.15) is 0 Å². The molecular weight excluding hydrogens is 350 g/mol. The Morgan fingerprint density at radius 1 is 0.500 bits per heavy atom. The quantitative estimate of drug-likeness (QED) is 0.0925. The second-order valence-corrected chi connectivity index (χ2v) is 8.48. The van der Waals surface area contributed by atoms with Crippen LogP contribution in [0.3, 0.4) is 0 Å². The summed E-state index contributed by atoms with van der Waals surface area (Å²) in [6.07, 6.45) is 29.8. The fourth-order valence-corrected chi connectivity index (χ4v) is 3.85. The average molecular weight is 400 g/mol. The predicted octanol–water partition coefficient (Wildman–Crippen LogP) is 8.80. The van der Waals surface area contributed by atoms with Gasteiger partial charge in [-0.15, -0.1) is 10.1 Å². The van der Waals surface area contributed by atoms with Gasteiger partial charge in [0.2, 0.25) is 0 Å². The maximum absolute atomic E-state index is 10.00. The molecule has 0 rings (SSSR count). The van der Waals surface area contributed by atoms with Crippen LogP contribution in [0.25, 0.3) is 0 Å². The van der Waals surface area contributed by atoms with E-state index in [1.807, 2.05) is 0 Å². The van der Waals surface area contributed by atoms with Gasteiger partial charge in [0.25, 0.3) is 5.09 Å². The van der Waals surface area contributed by atoms with Gasteiger partial charge < -0.3 is 4.84 Å². The smallest absolute Gasteiger partial charge is 0.294 e. The minimum Gasteiger partial charge on any atom is -0.314 e. The molecule has 0 saturated heterocycles. The van der Waals surface area contributed by atoms with Crippen molar-refractivity contribution in [3.63, 3.8) is 0 Å². The maximum Gasteiger partial charge on any atom is 0.294 e. The van der Waals surface area contributed by atoms with Gasteiger partial charge in [0.15, 0.2) is 0 Å². The van der Waals surface area contributed by atoms with Crippen molar-refractivity contribution in [1.82, 2.24) is 0 Å². The summed E-state index contributed by atoms with van der Waals surface area (Å²) in [6, 6.07) is 0. The molecule has 4 nitrogen and oxygen atoms in total. The number of hydrogen-bond acceptors (Lipinski definition) is 3. The van der Waals surface area contributed by atoms with Crippen molar-refractivity contribution < 1.29 is 9.92 Å². The first-order valence-corrected chi connectivity index (χ1v) is 12.5. The molecule has 0 unspecified atom stereocenters. The zero-order valence-electron chi connectivity index (χ0n) is 18.9. The summed E-state index contributed by atoms with van der Waals surface area (Å²) in [4.78, 5) is 14.3. The molecule has 0 aromatic heterocycles. The fraction of sp³-hybridized carbons (Fsp3) is 1.00. The van der Waals surface area contributed by atoms with E-state index in [1.165, 1.54) is 128 Å². The standard InChI is InChI=1S/C24H49NO3/c1-2-3-4-5-6-7-8-9-10-11-12-13-14-15-16-17-18-19-20-21-22-23-24-28-25(26)27/h2-24H2,1H3. The molecule has 0 radical (unpaired) electrons. The highest BCUT2D eigenvalue weighted by molar-refractivity contribution is 4.51. The van der Waals surface area contributed by atoms with Gasteiger partial charge in [0.05, 0.1) is 6.61 Å². The minimum atomic E-state index is -0.697. The van der Waals surface area contributed by atoms with E-state index >= 15 is 0 Å². The van der Waals surface area contributed by atoms with Crippen molar-refractivity contribution >= 4 is 0 Å². The predicted molar refractivity (Wildman–Crippen MR) is 120 cm³/mol. The van der Waals surface area contributed by atoms with Gasteiger partial charge >= 0.3 is 0 Å². The van der Waals surface area contributed by atoms with Gasteiger partial charge in [-0.3, -0.25) is 0 Å². The molecule has 0 aromatic carbocycles. The Bertz CT molecular complexity index is 310. The van der Waals surface area contributed by atoms with Crippen LogP contribution in [0.4, 0.5) is 0 Å². The third-order valence-electron chi connectivity index (χ3n) is 5.69. The molecule has 0 N–H and O–H groups in total. The van der Waals surface area contributed by atoms with Crippen LogP contribution >= 0.6 is 0 Å². The lowest BCUT2D eigenvalue weighted by Crippen LogP contribution is -2.01.